The van der Waals surface area contributed by atoms with Crippen LogP contribution in [0.3, 0.4) is 0 Å². The van der Waals surface area contributed by atoms with Gasteiger partial charge in [0.05, 0.1) is 96.8 Å². The Kier molecular flexibility index (Phi) is 13.2. The number of hydrogen-bond donors (Lipinski definition) is 0. The van der Waals surface area contributed by atoms with Crippen LogP contribution in [0.1, 0.15) is 0 Å². The molecule has 0 fully saturated rings. The van der Waals surface area contributed by atoms with Crippen LogP contribution in [-0.4, -0.2) is 99.0 Å². The van der Waals surface area contributed by atoms with Gasteiger partial charge in [0.25, 0.3) is 0 Å². The topological polar surface area (TPSA) is 246 Å². The van der Waals surface area contributed by atoms with E-state index >= 15 is 0 Å². The number of benzene rings is 2. The molecule has 1 aliphatic heterocycles. The number of hydrogen-bond acceptors (Lipinski definition) is 16. The third-order valence-electron chi connectivity index (χ3n) is 5.55. The van der Waals surface area contributed by atoms with E-state index in [9.17, 15) is 40.5 Å². The van der Waals surface area contributed by atoms with Crippen LogP contribution in [-0.2, 0) is 18.9 Å². The summed E-state index contributed by atoms with van der Waals surface area (Å²) in [7, 11) is 0. The number of rotatable bonds is 4. The van der Waals surface area contributed by atoms with Crippen molar-refractivity contribution in [2.24, 2.45) is 0 Å². The number of nitro benzene ring substituents is 4. The quantitative estimate of drug-likeness (QED) is 0.348. The van der Waals surface area contributed by atoms with Gasteiger partial charge < -0.3 is 37.9 Å². The molecule has 0 saturated carbocycles. The van der Waals surface area contributed by atoms with Crippen LogP contribution in [0.4, 0.5) is 22.7 Å². The third kappa shape index (κ3) is 10.1. The van der Waals surface area contributed by atoms with Crippen molar-refractivity contribution in [3.8, 4) is 23.0 Å². The molecule has 240 valence electrons. The summed E-state index contributed by atoms with van der Waals surface area (Å²) in [5.74, 6) is -0.378. The molecule has 0 spiro atoms. The normalized spacial score (nSPS) is 16.2. The molecule has 0 N–H and O–H groups in total. The Bertz CT molecular complexity index is 1130. The van der Waals surface area contributed by atoms with Gasteiger partial charge in [-0.15, -0.1) is 0 Å². The van der Waals surface area contributed by atoms with Crippen LogP contribution in [0.25, 0.3) is 0 Å². The van der Waals surface area contributed by atoms with Gasteiger partial charge >= 0.3 is 22.7 Å². The Hall–Kier alpha value is -4.92. The van der Waals surface area contributed by atoms with Crippen molar-refractivity contribution in [2.45, 2.75) is 0 Å². The minimum Gasteiger partial charge on any atom is -0.487 e. The second kappa shape index (κ2) is 17.3. The molecule has 0 unspecified atom stereocenters. The van der Waals surface area contributed by atoms with E-state index in [1.165, 1.54) is 0 Å². The maximum atomic E-state index is 11.3. The molecule has 20 heteroatoms. The highest BCUT2D eigenvalue weighted by Gasteiger charge is 2.29. The van der Waals surface area contributed by atoms with E-state index in [1.807, 2.05) is 0 Å². The third-order valence-corrected chi connectivity index (χ3v) is 5.55. The minimum absolute atomic E-state index is 0.0281. The summed E-state index contributed by atoms with van der Waals surface area (Å²) < 4.78 is 43.7. The maximum absolute atomic E-state index is 11.3. The highest BCUT2D eigenvalue weighted by Crippen LogP contribution is 2.40. The standard InChI is InChI=1S/C24H28N4O16/c29-25(30)17-13-21-22(14-18(17)26(31)32)43-11-7-39-3-4-40-8-12-44-24-16-20(28(35)36)19(27(33)34)15-23(24)42-10-6-38-2-1-37-5-9-41-21/h13-16H,1-12H2. The summed E-state index contributed by atoms with van der Waals surface area (Å²) in [4.78, 5) is 41.8. The fourth-order valence-corrected chi connectivity index (χ4v) is 3.60. The van der Waals surface area contributed by atoms with Crippen molar-refractivity contribution >= 4 is 22.7 Å². The first-order chi connectivity index (χ1) is 21.2. The van der Waals surface area contributed by atoms with E-state index in [2.05, 4.69) is 0 Å². The molecule has 20 nitrogen and oxygen atoms in total. The van der Waals surface area contributed by atoms with Crippen molar-refractivity contribution in [1.29, 1.82) is 0 Å². The molecule has 1 heterocycles. The molecule has 0 amide bonds. The van der Waals surface area contributed by atoms with Gasteiger partial charge in [-0.2, -0.15) is 0 Å². The van der Waals surface area contributed by atoms with Gasteiger partial charge in [-0.25, -0.2) is 0 Å². The number of nitrogens with zero attached hydrogens (tertiary/aromatic N) is 4. The molecule has 0 bridgehead atoms. The lowest BCUT2D eigenvalue weighted by Gasteiger charge is -2.14. The summed E-state index contributed by atoms with van der Waals surface area (Å²) in [5.41, 5.74) is -3.07. The van der Waals surface area contributed by atoms with Crippen LogP contribution in [0.2, 0.25) is 0 Å². The zero-order valence-electron chi connectivity index (χ0n) is 23.1. The smallest absolute Gasteiger partial charge is 0.350 e. The van der Waals surface area contributed by atoms with E-state index in [0.29, 0.717) is 0 Å². The SMILES string of the molecule is O=[N+]([O-])c1cc2c(cc1[N+](=O)[O-])OCCOCCOCCOc1cc([N+](=O)[O-])c([N+](=O)[O-])cc1OCCOCCOCCO2. The highest BCUT2D eigenvalue weighted by atomic mass is 16.7. The fraction of sp³-hybridized carbons (Fsp3) is 0.500. The van der Waals surface area contributed by atoms with E-state index in [1.54, 1.807) is 0 Å². The summed E-state index contributed by atoms with van der Waals surface area (Å²) in [6.07, 6.45) is 0. The molecule has 0 atom stereocenters. The van der Waals surface area contributed by atoms with Gasteiger partial charge in [0.15, 0.2) is 23.0 Å². The lowest BCUT2D eigenvalue weighted by Crippen LogP contribution is -2.16. The van der Waals surface area contributed by atoms with Crippen LogP contribution in [0, 0.1) is 40.5 Å². The summed E-state index contributed by atoms with van der Waals surface area (Å²) in [6.45, 7) is 0.247. The zero-order valence-corrected chi connectivity index (χ0v) is 23.1. The summed E-state index contributed by atoms with van der Waals surface area (Å²) in [5, 5.41) is 45.4. The second-order valence-electron chi connectivity index (χ2n) is 8.45. The van der Waals surface area contributed by atoms with Crippen molar-refractivity contribution in [1.82, 2.24) is 0 Å². The molecule has 1 aliphatic rings. The van der Waals surface area contributed by atoms with Crippen molar-refractivity contribution in [3.63, 3.8) is 0 Å². The van der Waals surface area contributed by atoms with Crippen LogP contribution in [0.5, 0.6) is 23.0 Å². The van der Waals surface area contributed by atoms with Gasteiger partial charge in [0.1, 0.15) is 26.4 Å². The van der Waals surface area contributed by atoms with E-state index < -0.39 is 42.4 Å². The number of nitro groups is 4. The van der Waals surface area contributed by atoms with Crippen LogP contribution < -0.4 is 18.9 Å². The zero-order chi connectivity index (χ0) is 31.9. The Morgan fingerprint density at radius 1 is 0.364 bits per heavy atom. The largest absolute Gasteiger partial charge is 0.487 e. The van der Waals surface area contributed by atoms with Gasteiger partial charge in [0, 0.05) is 0 Å². The molecule has 0 aliphatic carbocycles. The van der Waals surface area contributed by atoms with E-state index in [-0.39, 0.29) is 102 Å². The van der Waals surface area contributed by atoms with Crippen molar-refractivity contribution < 1.29 is 57.6 Å². The molecule has 0 radical (unpaired) electrons. The number of ether oxygens (including phenoxy) is 8. The first-order valence-corrected chi connectivity index (χ1v) is 12.9. The Labute approximate surface area is 247 Å². The Balaban J connectivity index is 1.65. The molecular weight excluding hydrogens is 600 g/mol. The van der Waals surface area contributed by atoms with Gasteiger partial charge in [-0.1, -0.05) is 0 Å². The monoisotopic (exact) mass is 628 g/mol. The molecule has 2 aromatic rings. The lowest BCUT2D eigenvalue weighted by molar-refractivity contribution is -0.422. The molecule has 44 heavy (non-hydrogen) atoms. The maximum Gasteiger partial charge on any atom is 0.350 e. The lowest BCUT2D eigenvalue weighted by atomic mass is 10.2. The van der Waals surface area contributed by atoms with Gasteiger partial charge in [-0.05, 0) is 0 Å². The minimum atomic E-state index is -0.900. The highest BCUT2D eigenvalue weighted by molar-refractivity contribution is 5.63. The average Bonchev–Trinajstić information content (AvgIpc) is 2.98. The second-order valence-corrected chi connectivity index (χ2v) is 8.45. The van der Waals surface area contributed by atoms with Gasteiger partial charge in [-0.3, -0.25) is 40.5 Å². The van der Waals surface area contributed by atoms with Crippen LogP contribution >= 0.6 is 0 Å². The summed E-state index contributed by atoms with van der Waals surface area (Å²) in [6, 6.07) is 3.62. The molecule has 3 rings (SSSR count). The predicted molar refractivity (Wildman–Crippen MR) is 145 cm³/mol. The summed E-state index contributed by atoms with van der Waals surface area (Å²) >= 11 is 0. The van der Waals surface area contributed by atoms with Crippen molar-refractivity contribution in [3.05, 3.63) is 64.7 Å². The van der Waals surface area contributed by atoms with Crippen molar-refractivity contribution in [2.75, 3.05) is 79.3 Å². The van der Waals surface area contributed by atoms with Gasteiger partial charge in [0.2, 0.25) is 0 Å². The first-order valence-electron chi connectivity index (χ1n) is 12.9. The molecule has 0 aromatic heterocycles. The Morgan fingerprint density at radius 2 is 0.545 bits per heavy atom. The molecule has 2 aromatic carbocycles. The fourth-order valence-electron chi connectivity index (χ4n) is 3.60. The van der Waals surface area contributed by atoms with E-state index in [0.717, 1.165) is 24.3 Å². The molecule has 0 saturated heterocycles. The average molecular weight is 628 g/mol. The Morgan fingerprint density at radius 3 is 0.727 bits per heavy atom. The predicted octanol–water partition coefficient (Wildman–Crippen LogP) is 2.61. The van der Waals surface area contributed by atoms with Crippen LogP contribution in [0.15, 0.2) is 24.3 Å². The van der Waals surface area contributed by atoms with E-state index in [4.69, 9.17) is 37.9 Å². The molecular formula is C24H28N4O16. The number of fused-ring (bicyclic) bond motifs is 2. The first kappa shape index (κ1) is 33.6.